The van der Waals surface area contributed by atoms with Crippen LogP contribution >= 0.6 is 0 Å². The lowest BCUT2D eigenvalue weighted by Crippen LogP contribution is -2.17. The van der Waals surface area contributed by atoms with Crippen LogP contribution in [0.5, 0.6) is 23.0 Å². The first-order valence-corrected chi connectivity index (χ1v) is 14.5. The van der Waals surface area contributed by atoms with Gasteiger partial charge in [-0.3, -0.25) is 0 Å². The van der Waals surface area contributed by atoms with Crippen molar-refractivity contribution in [2.75, 3.05) is 48.8 Å². The predicted octanol–water partition coefficient (Wildman–Crippen LogP) is 7.06. The molecule has 1 saturated heterocycles. The quantitative estimate of drug-likeness (QED) is 0.170. The first-order chi connectivity index (χ1) is 21.5. The van der Waals surface area contributed by atoms with E-state index in [1.54, 1.807) is 40.6 Å². The summed E-state index contributed by atoms with van der Waals surface area (Å²) in [6.07, 6.45) is 1.95. The largest absolute Gasteiger partial charge is 0.497 e. The maximum atomic E-state index is 12.1. The van der Waals surface area contributed by atoms with E-state index in [0.29, 0.717) is 24.5 Å². The van der Waals surface area contributed by atoms with Gasteiger partial charge in [-0.25, -0.2) is 4.79 Å². The molecule has 0 unspecified atom stereocenters. The standard InChI is InChI=1S/C36H38O8/c1-38-27-12-14-28(29-13-10-25(35(37)42-5)22-34(29)41-4)24(20-27)9-7-23-8-15-32(39-2)30(19-23)31-21-26(11-16-33(31)40-3)36-43-17-6-18-44-36/h8,10-16,19-22,36H,6-7,9,17-18H2,1-5H3. The molecule has 0 aromatic heterocycles. The zero-order chi connectivity index (χ0) is 31.1. The molecule has 0 N–H and O–H groups in total. The molecule has 4 aromatic carbocycles. The van der Waals surface area contributed by atoms with Crippen molar-refractivity contribution in [2.45, 2.75) is 25.6 Å². The summed E-state index contributed by atoms with van der Waals surface area (Å²) in [6, 6.07) is 23.5. The van der Waals surface area contributed by atoms with Gasteiger partial charge in [0.15, 0.2) is 6.29 Å². The maximum absolute atomic E-state index is 12.1. The number of rotatable bonds is 11. The van der Waals surface area contributed by atoms with Gasteiger partial charge in [-0.15, -0.1) is 0 Å². The van der Waals surface area contributed by atoms with Crippen molar-refractivity contribution in [1.29, 1.82) is 0 Å². The third kappa shape index (κ3) is 6.67. The van der Waals surface area contributed by atoms with Crippen molar-refractivity contribution in [2.24, 2.45) is 0 Å². The molecule has 1 heterocycles. The Balaban J connectivity index is 1.49. The molecule has 0 bridgehead atoms. The van der Waals surface area contributed by atoms with E-state index in [2.05, 4.69) is 18.2 Å². The van der Waals surface area contributed by atoms with E-state index in [-0.39, 0.29) is 0 Å². The van der Waals surface area contributed by atoms with Gasteiger partial charge in [0.1, 0.15) is 23.0 Å². The molecule has 1 aliphatic rings. The number of esters is 1. The van der Waals surface area contributed by atoms with E-state index in [0.717, 1.165) is 75.5 Å². The lowest BCUT2D eigenvalue weighted by molar-refractivity contribution is -0.183. The first-order valence-electron chi connectivity index (χ1n) is 14.5. The molecule has 8 nitrogen and oxygen atoms in total. The molecule has 0 saturated carbocycles. The number of hydrogen-bond donors (Lipinski definition) is 0. The fourth-order valence-electron chi connectivity index (χ4n) is 5.49. The van der Waals surface area contributed by atoms with E-state index >= 15 is 0 Å². The highest BCUT2D eigenvalue weighted by Crippen LogP contribution is 2.40. The van der Waals surface area contributed by atoms with E-state index < -0.39 is 12.3 Å². The summed E-state index contributed by atoms with van der Waals surface area (Å²) >= 11 is 0. The lowest BCUT2D eigenvalue weighted by Gasteiger charge is -2.24. The monoisotopic (exact) mass is 598 g/mol. The van der Waals surface area contributed by atoms with Crippen molar-refractivity contribution >= 4 is 5.97 Å². The molecule has 1 fully saturated rings. The lowest BCUT2D eigenvalue weighted by atomic mass is 9.92. The third-order valence-corrected chi connectivity index (χ3v) is 7.79. The number of methoxy groups -OCH3 is 5. The second-order valence-electron chi connectivity index (χ2n) is 10.4. The van der Waals surface area contributed by atoms with Crippen LogP contribution in [0.15, 0.2) is 72.8 Å². The first kappa shape index (κ1) is 30.9. The molecular weight excluding hydrogens is 560 g/mol. The van der Waals surface area contributed by atoms with Gasteiger partial charge in [-0.1, -0.05) is 18.2 Å². The molecule has 44 heavy (non-hydrogen) atoms. The fraction of sp³-hybridized carbons (Fsp3) is 0.306. The smallest absolute Gasteiger partial charge is 0.337 e. The number of carbonyl (C=O) groups is 1. The zero-order valence-corrected chi connectivity index (χ0v) is 25.8. The topological polar surface area (TPSA) is 81.7 Å². The second kappa shape index (κ2) is 14.3. The van der Waals surface area contributed by atoms with Crippen LogP contribution in [0, 0.1) is 0 Å². The van der Waals surface area contributed by atoms with Crippen molar-refractivity contribution in [1.82, 2.24) is 0 Å². The highest BCUT2D eigenvalue weighted by molar-refractivity contribution is 5.91. The van der Waals surface area contributed by atoms with Gasteiger partial charge in [-0.2, -0.15) is 0 Å². The number of aryl methyl sites for hydroxylation is 2. The molecule has 1 aliphatic heterocycles. The highest BCUT2D eigenvalue weighted by Gasteiger charge is 2.21. The molecule has 0 atom stereocenters. The number of ether oxygens (including phenoxy) is 7. The second-order valence-corrected chi connectivity index (χ2v) is 10.4. The van der Waals surface area contributed by atoms with Crippen molar-refractivity contribution in [3.05, 3.63) is 95.1 Å². The number of hydrogen-bond acceptors (Lipinski definition) is 8. The zero-order valence-electron chi connectivity index (χ0n) is 25.8. The van der Waals surface area contributed by atoms with Gasteiger partial charge >= 0.3 is 5.97 Å². The van der Waals surface area contributed by atoms with E-state index in [9.17, 15) is 4.79 Å². The van der Waals surface area contributed by atoms with Crippen LogP contribution in [0.2, 0.25) is 0 Å². The molecule has 0 spiro atoms. The SMILES string of the molecule is COC(=O)c1ccc(-c2ccc(OC)cc2CCc2ccc(OC)c(-c3cc(C4OCCCO4)ccc3OC)c2)c(OC)c1. The molecule has 230 valence electrons. The minimum atomic E-state index is -0.416. The van der Waals surface area contributed by atoms with Gasteiger partial charge in [0.25, 0.3) is 0 Å². The van der Waals surface area contributed by atoms with Crippen LogP contribution in [0.25, 0.3) is 22.3 Å². The minimum absolute atomic E-state index is 0.409. The summed E-state index contributed by atoms with van der Waals surface area (Å²) in [4.78, 5) is 12.1. The van der Waals surface area contributed by atoms with E-state index in [1.165, 1.54) is 7.11 Å². The normalized spacial score (nSPS) is 13.3. The van der Waals surface area contributed by atoms with Gasteiger partial charge in [0.05, 0.1) is 54.3 Å². The number of benzene rings is 4. The molecular formula is C36H38O8. The van der Waals surface area contributed by atoms with E-state index in [1.807, 2.05) is 42.5 Å². The Morgan fingerprint density at radius 2 is 1.34 bits per heavy atom. The van der Waals surface area contributed by atoms with Crippen LogP contribution in [0.1, 0.15) is 39.8 Å². The Kier molecular flexibility index (Phi) is 10.0. The van der Waals surface area contributed by atoms with Crippen molar-refractivity contribution < 1.29 is 38.0 Å². The van der Waals surface area contributed by atoms with Crippen molar-refractivity contribution in [3.8, 4) is 45.3 Å². The molecule has 5 rings (SSSR count). The van der Waals surface area contributed by atoms with Gasteiger partial charge in [0, 0.05) is 22.3 Å². The predicted molar refractivity (Wildman–Crippen MR) is 168 cm³/mol. The average molecular weight is 599 g/mol. The summed E-state index contributed by atoms with van der Waals surface area (Å²) in [7, 11) is 7.95. The van der Waals surface area contributed by atoms with Gasteiger partial charge in [0.2, 0.25) is 0 Å². The summed E-state index contributed by atoms with van der Waals surface area (Å²) in [6.45, 7) is 1.33. The molecule has 8 heteroatoms. The number of carbonyl (C=O) groups excluding carboxylic acids is 1. The summed E-state index contributed by atoms with van der Waals surface area (Å²) in [5.74, 6) is 2.41. The molecule has 0 aliphatic carbocycles. The Labute approximate surface area is 258 Å². The van der Waals surface area contributed by atoms with Crippen LogP contribution in [0.3, 0.4) is 0 Å². The van der Waals surface area contributed by atoms with Gasteiger partial charge < -0.3 is 33.2 Å². The van der Waals surface area contributed by atoms with Gasteiger partial charge in [-0.05, 0) is 90.6 Å². The van der Waals surface area contributed by atoms with Crippen LogP contribution in [-0.4, -0.2) is 54.7 Å². The van der Waals surface area contributed by atoms with Crippen LogP contribution < -0.4 is 18.9 Å². The Morgan fingerprint density at radius 1 is 0.659 bits per heavy atom. The summed E-state index contributed by atoms with van der Waals surface area (Å²) in [5, 5.41) is 0. The maximum Gasteiger partial charge on any atom is 0.337 e. The Bertz CT molecular complexity index is 1610. The third-order valence-electron chi connectivity index (χ3n) is 7.79. The summed E-state index contributed by atoms with van der Waals surface area (Å²) < 4.78 is 39.4. The average Bonchev–Trinajstić information content (AvgIpc) is 3.09. The molecule has 4 aromatic rings. The Morgan fingerprint density at radius 3 is 2.02 bits per heavy atom. The van der Waals surface area contributed by atoms with Crippen LogP contribution in [-0.2, 0) is 27.1 Å². The van der Waals surface area contributed by atoms with E-state index in [4.69, 9.17) is 33.2 Å². The molecule has 0 amide bonds. The highest BCUT2D eigenvalue weighted by atomic mass is 16.7. The Hall–Kier alpha value is -4.53. The summed E-state index contributed by atoms with van der Waals surface area (Å²) in [5.41, 5.74) is 7.26. The molecule has 0 radical (unpaired) electrons. The van der Waals surface area contributed by atoms with Crippen LogP contribution in [0.4, 0.5) is 0 Å². The fourth-order valence-corrected chi connectivity index (χ4v) is 5.49. The minimum Gasteiger partial charge on any atom is -0.497 e. The van der Waals surface area contributed by atoms with Crippen molar-refractivity contribution in [3.63, 3.8) is 0 Å².